The molecule has 0 saturated carbocycles. The molecular formula is C27H22O7. The number of hydrogen-bond donors (Lipinski definition) is 0. The van der Waals surface area contributed by atoms with E-state index < -0.39 is 11.9 Å². The number of esters is 1. The standard InChI is InChI=1S/C27H22O7/c1-30-21-13-23(32-3)22(31-2)11-17(21)18-12-24(28)34-20-10-9-16-26(29)19(14-33-27(16)25(18)20)15-7-5-4-6-8-15/h4-11,13-14,18H,12H2,1-3H3/t18-/m1/s1. The van der Waals surface area contributed by atoms with Gasteiger partial charge in [-0.3, -0.25) is 9.59 Å². The molecule has 7 heteroatoms. The SMILES string of the molecule is COc1cc(OC)c([C@H]2CC(=O)Oc3ccc4c(=O)c(-c5ccccc5)coc4c32)cc1OC. The van der Waals surface area contributed by atoms with Gasteiger partial charge in [-0.25, -0.2) is 0 Å². The van der Waals surface area contributed by atoms with E-state index in [1.165, 1.54) is 20.5 Å². The van der Waals surface area contributed by atoms with Crippen molar-refractivity contribution in [3.63, 3.8) is 0 Å². The molecule has 1 aromatic heterocycles. The normalized spacial score (nSPS) is 14.9. The lowest BCUT2D eigenvalue weighted by Crippen LogP contribution is -2.22. The topological polar surface area (TPSA) is 84.2 Å². The summed E-state index contributed by atoms with van der Waals surface area (Å²) in [6.45, 7) is 0. The van der Waals surface area contributed by atoms with Crippen molar-refractivity contribution in [1.82, 2.24) is 0 Å². The average molecular weight is 458 g/mol. The number of methoxy groups -OCH3 is 3. The molecule has 0 unspecified atom stereocenters. The predicted molar refractivity (Wildman–Crippen MR) is 126 cm³/mol. The van der Waals surface area contributed by atoms with Crippen molar-refractivity contribution in [3.8, 4) is 34.1 Å². The van der Waals surface area contributed by atoms with Gasteiger partial charge in [0.15, 0.2) is 11.5 Å². The van der Waals surface area contributed by atoms with Crippen LogP contribution in [0.4, 0.5) is 0 Å². The van der Waals surface area contributed by atoms with Gasteiger partial charge in [0.25, 0.3) is 0 Å². The molecule has 2 heterocycles. The smallest absolute Gasteiger partial charge is 0.312 e. The van der Waals surface area contributed by atoms with Crippen molar-refractivity contribution in [2.24, 2.45) is 0 Å². The highest BCUT2D eigenvalue weighted by molar-refractivity contribution is 5.90. The minimum atomic E-state index is -0.486. The molecule has 0 spiro atoms. The number of carbonyl (C=O) groups excluding carboxylic acids is 1. The van der Waals surface area contributed by atoms with Crippen molar-refractivity contribution in [2.45, 2.75) is 12.3 Å². The minimum absolute atomic E-state index is 0.0438. The van der Waals surface area contributed by atoms with Gasteiger partial charge in [0.1, 0.15) is 23.3 Å². The van der Waals surface area contributed by atoms with Crippen molar-refractivity contribution in [2.75, 3.05) is 21.3 Å². The third-order valence-corrected chi connectivity index (χ3v) is 6.08. The van der Waals surface area contributed by atoms with E-state index in [0.717, 1.165) is 5.56 Å². The first-order valence-corrected chi connectivity index (χ1v) is 10.7. The third-order valence-electron chi connectivity index (χ3n) is 6.08. The van der Waals surface area contributed by atoms with Crippen LogP contribution in [-0.2, 0) is 4.79 Å². The molecular weight excluding hydrogens is 436 g/mol. The zero-order chi connectivity index (χ0) is 23.8. The van der Waals surface area contributed by atoms with Gasteiger partial charge in [0.2, 0.25) is 5.43 Å². The van der Waals surface area contributed by atoms with Gasteiger partial charge in [-0.2, -0.15) is 0 Å². The fraction of sp³-hybridized carbons (Fsp3) is 0.185. The number of hydrogen-bond acceptors (Lipinski definition) is 7. The summed E-state index contributed by atoms with van der Waals surface area (Å²) >= 11 is 0. The van der Waals surface area contributed by atoms with Crippen LogP contribution in [0.2, 0.25) is 0 Å². The molecule has 34 heavy (non-hydrogen) atoms. The molecule has 1 atom stereocenters. The Morgan fingerprint density at radius 3 is 2.26 bits per heavy atom. The highest BCUT2D eigenvalue weighted by Crippen LogP contribution is 2.47. The Morgan fingerprint density at radius 2 is 1.56 bits per heavy atom. The fourth-order valence-corrected chi connectivity index (χ4v) is 4.46. The summed E-state index contributed by atoms with van der Waals surface area (Å²) in [4.78, 5) is 25.9. The van der Waals surface area contributed by atoms with E-state index in [1.807, 2.05) is 30.3 Å². The third kappa shape index (κ3) is 3.46. The Balaban J connectivity index is 1.76. The van der Waals surface area contributed by atoms with Gasteiger partial charge in [-0.15, -0.1) is 0 Å². The van der Waals surface area contributed by atoms with Crippen LogP contribution in [0.1, 0.15) is 23.5 Å². The Labute approximate surface area is 195 Å². The van der Waals surface area contributed by atoms with Gasteiger partial charge in [0.05, 0.1) is 38.7 Å². The van der Waals surface area contributed by atoms with Crippen molar-refractivity contribution >= 4 is 16.9 Å². The Hall–Kier alpha value is -4.26. The van der Waals surface area contributed by atoms with Crippen LogP contribution in [0.25, 0.3) is 22.1 Å². The molecule has 3 aromatic carbocycles. The average Bonchev–Trinajstić information content (AvgIpc) is 2.87. The maximum atomic E-state index is 13.4. The Morgan fingerprint density at radius 1 is 0.853 bits per heavy atom. The molecule has 1 aliphatic rings. The number of benzene rings is 3. The highest BCUT2D eigenvalue weighted by Gasteiger charge is 2.34. The summed E-state index contributed by atoms with van der Waals surface area (Å²) < 4.78 is 28.1. The minimum Gasteiger partial charge on any atom is -0.496 e. The second-order valence-electron chi connectivity index (χ2n) is 7.88. The van der Waals surface area contributed by atoms with Gasteiger partial charge >= 0.3 is 5.97 Å². The first-order chi connectivity index (χ1) is 16.5. The second-order valence-corrected chi connectivity index (χ2v) is 7.88. The molecule has 0 radical (unpaired) electrons. The maximum absolute atomic E-state index is 13.4. The van der Waals surface area contributed by atoms with E-state index in [2.05, 4.69) is 0 Å². The summed E-state index contributed by atoms with van der Waals surface area (Å²) in [6.07, 6.45) is 1.50. The molecule has 5 rings (SSSR count). The Bertz CT molecular complexity index is 1450. The van der Waals surface area contributed by atoms with Crippen LogP contribution in [0.3, 0.4) is 0 Å². The summed E-state index contributed by atoms with van der Waals surface area (Å²) in [5.74, 6) is 0.979. The molecule has 4 aromatic rings. The quantitative estimate of drug-likeness (QED) is 0.310. The molecule has 7 nitrogen and oxygen atoms in total. The van der Waals surface area contributed by atoms with E-state index in [4.69, 9.17) is 23.4 Å². The van der Waals surface area contributed by atoms with Gasteiger partial charge in [-0.1, -0.05) is 30.3 Å². The summed E-state index contributed by atoms with van der Waals surface area (Å²) in [5.41, 5.74) is 2.74. The highest BCUT2D eigenvalue weighted by atomic mass is 16.5. The summed E-state index contributed by atoms with van der Waals surface area (Å²) in [5, 5.41) is 0.405. The van der Waals surface area contributed by atoms with Gasteiger partial charge in [0, 0.05) is 23.1 Å². The lowest BCUT2D eigenvalue weighted by Gasteiger charge is -2.27. The monoisotopic (exact) mass is 458 g/mol. The van der Waals surface area contributed by atoms with Crippen molar-refractivity contribution in [3.05, 3.63) is 82.2 Å². The van der Waals surface area contributed by atoms with Crippen LogP contribution >= 0.6 is 0 Å². The number of ether oxygens (including phenoxy) is 4. The lowest BCUT2D eigenvalue weighted by molar-refractivity contribution is -0.135. The molecule has 172 valence electrons. The van der Waals surface area contributed by atoms with Gasteiger partial charge < -0.3 is 23.4 Å². The molecule has 1 aliphatic heterocycles. The molecule has 0 bridgehead atoms. The first-order valence-electron chi connectivity index (χ1n) is 10.7. The van der Waals surface area contributed by atoms with Crippen LogP contribution in [0.15, 0.2) is 70.1 Å². The zero-order valence-electron chi connectivity index (χ0n) is 18.9. The van der Waals surface area contributed by atoms with Crippen molar-refractivity contribution < 1.29 is 28.2 Å². The van der Waals surface area contributed by atoms with E-state index >= 15 is 0 Å². The number of rotatable bonds is 5. The van der Waals surface area contributed by atoms with Crippen molar-refractivity contribution in [1.29, 1.82) is 0 Å². The van der Waals surface area contributed by atoms with E-state index in [0.29, 0.717) is 50.7 Å². The molecule has 0 saturated heterocycles. The maximum Gasteiger partial charge on any atom is 0.312 e. The Kier molecular flexibility index (Phi) is 5.45. The van der Waals surface area contributed by atoms with Gasteiger partial charge in [-0.05, 0) is 23.8 Å². The van der Waals surface area contributed by atoms with Crippen LogP contribution < -0.4 is 24.4 Å². The predicted octanol–water partition coefficient (Wildman–Crippen LogP) is 4.93. The van der Waals surface area contributed by atoms with E-state index in [-0.39, 0.29) is 11.8 Å². The van der Waals surface area contributed by atoms with E-state index in [1.54, 1.807) is 31.4 Å². The van der Waals surface area contributed by atoms with Crippen LogP contribution in [0, 0.1) is 0 Å². The molecule has 0 amide bonds. The molecule has 0 fully saturated rings. The fourth-order valence-electron chi connectivity index (χ4n) is 4.46. The summed E-state index contributed by atoms with van der Waals surface area (Å²) in [7, 11) is 4.62. The largest absolute Gasteiger partial charge is 0.496 e. The van der Waals surface area contributed by atoms with Crippen LogP contribution in [0.5, 0.6) is 23.0 Å². The zero-order valence-corrected chi connectivity index (χ0v) is 18.9. The lowest BCUT2D eigenvalue weighted by atomic mass is 9.84. The summed E-state index contributed by atoms with van der Waals surface area (Å²) in [6, 6.07) is 16.1. The first kappa shape index (κ1) is 21.6. The second kappa shape index (κ2) is 8.59. The molecule has 0 aliphatic carbocycles. The molecule has 0 N–H and O–H groups in total. The van der Waals surface area contributed by atoms with E-state index in [9.17, 15) is 9.59 Å². The number of carbonyl (C=O) groups is 1. The number of fused-ring (bicyclic) bond motifs is 3. The van der Waals surface area contributed by atoms with Crippen LogP contribution in [-0.4, -0.2) is 27.3 Å².